The molecule has 0 saturated heterocycles. The number of nitro groups is 1. The quantitative estimate of drug-likeness (QED) is 0.602. The van der Waals surface area contributed by atoms with Gasteiger partial charge in [0.25, 0.3) is 5.69 Å². The Labute approximate surface area is 96.5 Å². The normalized spacial score (nSPS) is 10.0. The summed E-state index contributed by atoms with van der Waals surface area (Å²) in [5, 5.41) is 11.3. The molecular formula is C11H8N2O2S. The molecule has 5 heteroatoms. The molecule has 0 N–H and O–H groups in total. The first-order valence-corrected chi connectivity index (χ1v) is 5.41. The summed E-state index contributed by atoms with van der Waals surface area (Å²) in [5.74, 6) is 0. The number of benzene rings is 1. The summed E-state index contributed by atoms with van der Waals surface area (Å²) in [6.07, 6.45) is 1.72. The van der Waals surface area contributed by atoms with E-state index in [1.807, 2.05) is 18.2 Å². The predicted molar refractivity (Wildman–Crippen MR) is 61.5 cm³/mol. The third-order valence-electron chi connectivity index (χ3n) is 1.91. The number of rotatable bonds is 3. The fourth-order valence-electron chi connectivity index (χ4n) is 1.16. The second kappa shape index (κ2) is 4.76. The summed E-state index contributed by atoms with van der Waals surface area (Å²) in [5.41, 5.74) is 0.102. The van der Waals surface area contributed by atoms with Gasteiger partial charge in [-0.05, 0) is 24.3 Å². The van der Waals surface area contributed by atoms with Gasteiger partial charge in [-0.3, -0.25) is 10.1 Å². The van der Waals surface area contributed by atoms with E-state index in [1.165, 1.54) is 23.9 Å². The highest BCUT2D eigenvalue weighted by Crippen LogP contribution is 2.26. The van der Waals surface area contributed by atoms with Gasteiger partial charge in [-0.25, -0.2) is 4.98 Å². The molecule has 0 aliphatic carbocycles. The number of hydrogen-bond acceptors (Lipinski definition) is 4. The smallest absolute Gasteiger partial charge is 0.258 e. The molecule has 1 aromatic heterocycles. The maximum Gasteiger partial charge on any atom is 0.269 e. The molecule has 1 aromatic carbocycles. The van der Waals surface area contributed by atoms with Gasteiger partial charge in [-0.15, -0.1) is 0 Å². The van der Waals surface area contributed by atoms with Gasteiger partial charge < -0.3 is 0 Å². The first-order chi connectivity index (χ1) is 7.75. The zero-order chi connectivity index (χ0) is 11.4. The average molecular weight is 232 g/mol. The van der Waals surface area contributed by atoms with Crippen LogP contribution in [-0.4, -0.2) is 9.91 Å². The number of nitro benzene ring substituents is 1. The monoisotopic (exact) mass is 232 g/mol. The lowest BCUT2D eigenvalue weighted by atomic mass is 10.3. The number of non-ortho nitro benzene ring substituents is 1. The Kier molecular flexibility index (Phi) is 3.16. The first-order valence-electron chi connectivity index (χ1n) is 4.59. The van der Waals surface area contributed by atoms with Gasteiger partial charge in [-0.1, -0.05) is 17.8 Å². The van der Waals surface area contributed by atoms with Gasteiger partial charge in [0.1, 0.15) is 5.03 Å². The molecule has 1 heterocycles. The van der Waals surface area contributed by atoms with Crippen LogP contribution in [0.3, 0.4) is 0 Å². The van der Waals surface area contributed by atoms with Gasteiger partial charge in [0.05, 0.1) is 4.92 Å². The highest BCUT2D eigenvalue weighted by Gasteiger charge is 2.04. The molecule has 0 unspecified atom stereocenters. The van der Waals surface area contributed by atoms with Gasteiger partial charge in [0, 0.05) is 23.2 Å². The van der Waals surface area contributed by atoms with Crippen molar-refractivity contribution in [2.24, 2.45) is 0 Å². The Morgan fingerprint density at radius 1 is 1.12 bits per heavy atom. The van der Waals surface area contributed by atoms with Crippen molar-refractivity contribution in [2.45, 2.75) is 9.92 Å². The molecular weight excluding hydrogens is 224 g/mol. The standard InChI is InChI=1S/C11H8N2O2S/c14-13(15)9-4-6-10(7-5-9)16-11-3-1-2-8-12-11/h1-8H. The summed E-state index contributed by atoms with van der Waals surface area (Å²) in [6.45, 7) is 0. The van der Waals surface area contributed by atoms with E-state index in [2.05, 4.69) is 4.98 Å². The molecule has 0 bridgehead atoms. The molecule has 2 aromatic rings. The average Bonchev–Trinajstić information content (AvgIpc) is 2.31. The van der Waals surface area contributed by atoms with Crippen molar-refractivity contribution in [2.75, 3.05) is 0 Å². The van der Waals surface area contributed by atoms with Crippen LogP contribution >= 0.6 is 11.8 Å². The van der Waals surface area contributed by atoms with Crippen LogP contribution in [0.25, 0.3) is 0 Å². The molecule has 2 rings (SSSR count). The van der Waals surface area contributed by atoms with E-state index in [9.17, 15) is 10.1 Å². The Morgan fingerprint density at radius 3 is 2.44 bits per heavy atom. The predicted octanol–water partition coefficient (Wildman–Crippen LogP) is 3.14. The Hall–Kier alpha value is -1.88. The summed E-state index contributed by atoms with van der Waals surface area (Å²) < 4.78 is 0. The van der Waals surface area contributed by atoms with Crippen molar-refractivity contribution in [3.05, 3.63) is 58.8 Å². The van der Waals surface area contributed by atoms with Crippen LogP contribution in [0.2, 0.25) is 0 Å². The fraction of sp³-hybridized carbons (Fsp3) is 0. The lowest BCUT2D eigenvalue weighted by molar-refractivity contribution is -0.384. The highest BCUT2D eigenvalue weighted by molar-refractivity contribution is 7.99. The molecule has 0 saturated carbocycles. The van der Waals surface area contributed by atoms with Gasteiger partial charge in [0.15, 0.2) is 0 Å². The van der Waals surface area contributed by atoms with Crippen LogP contribution in [0.5, 0.6) is 0 Å². The van der Waals surface area contributed by atoms with Crippen LogP contribution in [-0.2, 0) is 0 Å². The van der Waals surface area contributed by atoms with Gasteiger partial charge in [0.2, 0.25) is 0 Å². The minimum atomic E-state index is -0.408. The van der Waals surface area contributed by atoms with Crippen molar-refractivity contribution < 1.29 is 4.92 Å². The second-order valence-electron chi connectivity index (χ2n) is 3.02. The molecule has 0 radical (unpaired) electrons. The molecule has 0 aliphatic heterocycles. The molecule has 0 fully saturated rings. The largest absolute Gasteiger partial charge is 0.269 e. The van der Waals surface area contributed by atoms with Crippen molar-refractivity contribution in [3.63, 3.8) is 0 Å². The third kappa shape index (κ3) is 2.58. The minimum absolute atomic E-state index is 0.102. The van der Waals surface area contributed by atoms with Gasteiger partial charge >= 0.3 is 0 Å². The number of aromatic nitrogens is 1. The van der Waals surface area contributed by atoms with Gasteiger partial charge in [-0.2, -0.15) is 0 Å². The summed E-state index contributed by atoms with van der Waals surface area (Å²) >= 11 is 1.47. The van der Waals surface area contributed by atoms with E-state index < -0.39 is 4.92 Å². The van der Waals surface area contributed by atoms with E-state index in [-0.39, 0.29) is 5.69 Å². The highest BCUT2D eigenvalue weighted by atomic mass is 32.2. The minimum Gasteiger partial charge on any atom is -0.258 e. The topological polar surface area (TPSA) is 56.0 Å². The third-order valence-corrected chi connectivity index (χ3v) is 2.87. The Balaban J connectivity index is 2.14. The lowest BCUT2D eigenvalue weighted by Gasteiger charge is -1.99. The van der Waals surface area contributed by atoms with Crippen LogP contribution in [0.4, 0.5) is 5.69 Å². The maximum atomic E-state index is 10.5. The van der Waals surface area contributed by atoms with E-state index in [4.69, 9.17) is 0 Å². The van der Waals surface area contributed by atoms with Crippen LogP contribution in [0.1, 0.15) is 0 Å². The lowest BCUT2D eigenvalue weighted by Crippen LogP contribution is -1.86. The SMILES string of the molecule is O=[N+]([O-])c1ccc(Sc2ccccn2)cc1. The zero-order valence-electron chi connectivity index (χ0n) is 8.24. The second-order valence-corrected chi connectivity index (χ2v) is 4.11. The molecule has 0 spiro atoms. The van der Waals surface area contributed by atoms with Crippen molar-refractivity contribution in [1.82, 2.24) is 4.98 Å². The molecule has 0 atom stereocenters. The first kappa shape index (κ1) is 10.6. The number of pyridine rings is 1. The van der Waals surface area contributed by atoms with Crippen LogP contribution < -0.4 is 0 Å². The zero-order valence-corrected chi connectivity index (χ0v) is 9.05. The Morgan fingerprint density at radius 2 is 1.88 bits per heavy atom. The van der Waals surface area contributed by atoms with Crippen LogP contribution in [0.15, 0.2) is 58.6 Å². The molecule has 16 heavy (non-hydrogen) atoms. The van der Waals surface area contributed by atoms with E-state index >= 15 is 0 Å². The summed E-state index contributed by atoms with van der Waals surface area (Å²) in [7, 11) is 0. The molecule has 80 valence electrons. The molecule has 4 nitrogen and oxygen atoms in total. The molecule has 0 amide bonds. The van der Waals surface area contributed by atoms with E-state index in [0.717, 1.165) is 9.92 Å². The number of nitrogens with zero attached hydrogens (tertiary/aromatic N) is 2. The summed E-state index contributed by atoms with van der Waals surface area (Å²) in [6, 6.07) is 12.1. The summed E-state index contributed by atoms with van der Waals surface area (Å²) in [4.78, 5) is 15.1. The van der Waals surface area contributed by atoms with Crippen molar-refractivity contribution in [3.8, 4) is 0 Å². The van der Waals surface area contributed by atoms with Crippen molar-refractivity contribution >= 4 is 17.4 Å². The molecule has 0 aliphatic rings. The Bertz CT molecular complexity index is 485. The van der Waals surface area contributed by atoms with E-state index in [1.54, 1.807) is 18.3 Å². The van der Waals surface area contributed by atoms with Crippen LogP contribution in [0, 0.1) is 10.1 Å². The number of hydrogen-bond donors (Lipinski definition) is 0. The van der Waals surface area contributed by atoms with E-state index in [0.29, 0.717) is 0 Å². The maximum absolute atomic E-state index is 10.5. The van der Waals surface area contributed by atoms with Crippen molar-refractivity contribution in [1.29, 1.82) is 0 Å². The fourth-order valence-corrected chi connectivity index (χ4v) is 1.94.